The normalized spacial score (nSPS) is 32.2. The quantitative estimate of drug-likeness (QED) is 0.621. The molecule has 2 fully saturated rings. The van der Waals surface area contributed by atoms with E-state index in [1.807, 2.05) is 54.6 Å². The first-order chi connectivity index (χ1) is 11.8. The van der Waals surface area contributed by atoms with Gasteiger partial charge in [0, 0.05) is 6.61 Å². The van der Waals surface area contributed by atoms with Gasteiger partial charge in [-0.2, -0.15) is 0 Å². The van der Waals surface area contributed by atoms with E-state index in [4.69, 9.17) is 9.47 Å². The maximum Gasteiger partial charge on any atom is 0.324 e. The van der Waals surface area contributed by atoms with Gasteiger partial charge in [0.15, 0.2) is 0 Å². The highest BCUT2D eigenvalue weighted by Crippen LogP contribution is 2.69. The molecule has 5 rings (SSSR count). The monoisotopic (exact) mass is 318 g/mol. The van der Waals surface area contributed by atoms with Crippen LogP contribution in [-0.4, -0.2) is 12.6 Å². The molecule has 1 saturated carbocycles. The minimum Gasteiger partial charge on any atom is -0.426 e. The number of fused-ring (bicyclic) bond motifs is 1. The van der Waals surface area contributed by atoms with E-state index >= 15 is 0 Å². The van der Waals surface area contributed by atoms with E-state index in [-0.39, 0.29) is 5.97 Å². The summed E-state index contributed by atoms with van der Waals surface area (Å²) >= 11 is 0. The first kappa shape index (κ1) is 14.0. The lowest BCUT2D eigenvalue weighted by atomic mass is 9.46. The molecule has 0 bridgehead atoms. The molecule has 3 atom stereocenters. The molecule has 3 nitrogen and oxygen atoms in total. The number of ether oxygens (including phenoxy) is 2. The van der Waals surface area contributed by atoms with E-state index in [1.54, 1.807) is 0 Å². The SMILES string of the molecule is O=C(Oc1ccccc1)[C@]12C=Cc3ccccc3[C@]13OCC[C@@H]3C2. The van der Waals surface area contributed by atoms with E-state index < -0.39 is 11.0 Å². The van der Waals surface area contributed by atoms with Crippen molar-refractivity contribution in [3.63, 3.8) is 0 Å². The number of hydrogen-bond acceptors (Lipinski definition) is 3. The number of para-hydroxylation sites is 1. The van der Waals surface area contributed by atoms with Crippen LogP contribution in [0.3, 0.4) is 0 Å². The summed E-state index contributed by atoms with van der Waals surface area (Å²) in [6, 6.07) is 17.5. The summed E-state index contributed by atoms with van der Waals surface area (Å²) in [6.45, 7) is 0.702. The third-order valence-corrected chi connectivity index (χ3v) is 5.83. The molecule has 2 aromatic rings. The molecule has 1 aliphatic heterocycles. The van der Waals surface area contributed by atoms with Crippen LogP contribution >= 0.6 is 0 Å². The predicted octanol–water partition coefficient (Wildman–Crippen LogP) is 3.94. The van der Waals surface area contributed by atoms with Crippen LogP contribution in [0.5, 0.6) is 5.75 Å². The van der Waals surface area contributed by atoms with Gasteiger partial charge in [0.05, 0.1) is 0 Å². The highest BCUT2D eigenvalue weighted by molar-refractivity contribution is 5.88. The van der Waals surface area contributed by atoms with Crippen LogP contribution in [-0.2, 0) is 15.1 Å². The molecule has 0 unspecified atom stereocenters. The summed E-state index contributed by atoms with van der Waals surface area (Å²) in [5, 5.41) is 0. The van der Waals surface area contributed by atoms with Gasteiger partial charge in [-0.15, -0.1) is 0 Å². The summed E-state index contributed by atoms with van der Waals surface area (Å²) in [5.41, 5.74) is 1.02. The lowest BCUT2D eigenvalue weighted by Gasteiger charge is -2.59. The molecule has 1 saturated heterocycles. The average molecular weight is 318 g/mol. The molecule has 1 spiro atoms. The zero-order valence-corrected chi connectivity index (χ0v) is 13.3. The van der Waals surface area contributed by atoms with Crippen molar-refractivity contribution >= 4 is 12.0 Å². The standard InChI is InChI=1S/C21H18O3/c22-19(24-17-7-2-1-3-8-17)20-12-10-15-6-4-5-9-18(15)21(20)16(14-20)11-13-23-21/h1-10,12,16H,11,13-14H2/t16-,20-,21+/m1/s1. The van der Waals surface area contributed by atoms with Crippen LogP contribution < -0.4 is 4.74 Å². The Labute approximate surface area is 140 Å². The van der Waals surface area contributed by atoms with Crippen LogP contribution in [0, 0.1) is 11.3 Å². The zero-order valence-electron chi connectivity index (χ0n) is 13.3. The molecule has 1 heterocycles. The number of carbonyl (C=O) groups is 1. The lowest BCUT2D eigenvalue weighted by Crippen LogP contribution is -2.65. The number of rotatable bonds is 2. The summed E-state index contributed by atoms with van der Waals surface area (Å²) in [7, 11) is 0. The number of benzene rings is 2. The third-order valence-electron chi connectivity index (χ3n) is 5.83. The maximum absolute atomic E-state index is 13.1. The molecule has 0 radical (unpaired) electrons. The van der Waals surface area contributed by atoms with Gasteiger partial charge in [-0.25, -0.2) is 0 Å². The largest absolute Gasteiger partial charge is 0.426 e. The highest BCUT2D eigenvalue weighted by atomic mass is 16.5. The fourth-order valence-electron chi connectivity index (χ4n) is 4.76. The molecule has 3 aliphatic rings. The molecular formula is C21H18O3. The fraction of sp³-hybridized carbons (Fsp3) is 0.286. The highest BCUT2D eigenvalue weighted by Gasteiger charge is 2.73. The van der Waals surface area contributed by atoms with Gasteiger partial charge in [-0.05, 0) is 42.0 Å². The van der Waals surface area contributed by atoms with Crippen molar-refractivity contribution in [3.05, 3.63) is 71.8 Å². The van der Waals surface area contributed by atoms with E-state index in [9.17, 15) is 4.79 Å². The van der Waals surface area contributed by atoms with Crippen LogP contribution in [0.25, 0.3) is 6.08 Å². The van der Waals surface area contributed by atoms with Gasteiger partial charge in [0.1, 0.15) is 16.8 Å². The third kappa shape index (κ3) is 1.58. The van der Waals surface area contributed by atoms with Crippen LogP contribution in [0.1, 0.15) is 24.0 Å². The van der Waals surface area contributed by atoms with Crippen molar-refractivity contribution in [1.29, 1.82) is 0 Å². The van der Waals surface area contributed by atoms with Crippen molar-refractivity contribution in [2.45, 2.75) is 18.4 Å². The predicted molar refractivity (Wildman–Crippen MR) is 90.3 cm³/mol. The summed E-state index contributed by atoms with van der Waals surface area (Å²) in [4.78, 5) is 13.1. The van der Waals surface area contributed by atoms with E-state index in [0.29, 0.717) is 18.3 Å². The smallest absolute Gasteiger partial charge is 0.324 e. The Kier molecular flexibility index (Phi) is 2.80. The van der Waals surface area contributed by atoms with Crippen molar-refractivity contribution < 1.29 is 14.3 Å². The second kappa shape index (κ2) is 4.81. The van der Waals surface area contributed by atoms with Crippen molar-refractivity contribution in [1.82, 2.24) is 0 Å². The molecule has 24 heavy (non-hydrogen) atoms. The van der Waals surface area contributed by atoms with Crippen LogP contribution in [0.2, 0.25) is 0 Å². The number of hydrogen-bond donors (Lipinski definition) is 0. The van der Waals surface area contributed by atoms with Crippen LogP contribution in [0.4, 0.5) is 0 Å². The van der Waals surface area contributed by atoms with Gasteiger partial charge < -0.3 is 9.47 Å². The fourth-order valence-corrected chi connectivity index (χ4v) is 4.76. The average Bonchev–Trinajstić information content (AvgIpc) is 2.92. The van der Waals surface area contributed by atoms with Gasteiger partial charge in [-0.1, -0.05) is 54.6 Å². The first-order valence-corrected chi connectivity index (χ1v) is 8.46. The molecule has 0 N–H and O–H groups in total. The van der Waals surface area contributed by atoms with E-state index in [0.717, 1.165) is 24.0 Å². The Bertz CT molecular complexity index is 841. The van der Waals surface area contributed by atoms with E-state index in [2.05, 4.69) is 12.1 Å². The molecular weight excluding hydrogens is 300 g/mol. The molecule has 3 heteroatoms. The Balaban J connectivity index is 1.59. The van der Waals surface area contributed by atoms with Crippen molar-refractivity contribution in [3.8, 4) is 5.75 Å². The number of carbonyl (C=O) groups excluding carboxylic acids is 1. The second-order valence-electron chi connectivity index (χ2n) is 6.87. The minimum absolute atomic E-state index is 0.211. The zero-order chi connectivity index (χ0) is 16.2. The summed E-state index contributed by atoms with van der Waals surface area (Å²) < 4.78 is 12.0. The Hall–Kier alpha value is -2.39. The maximum atomic E-state index is 13.1. The minimum atomic E-state index is -0.710. The molecule has 120 valence electrons. The van der Waals surface area contributed by atoms with Gasteiger partial charge in [0.25, 0.3) is 0 Å². The molecule has 2 aromatic carbocycles. The van der Waals surface area contributed by atoms with Crippen molar-refractivity contribution in [2.75, 3.05) is 6.61 Å². The Morgan fingerprint density at radius 2 is 1.88 bits per heavy atom. The topological polar surface area (TPSA) is 35.5 Å². The van der Waals surface area contributed by atoms with Crippen LogP contribution in [0.15, 0.2) is 60.7 Å². The Morgan fingerprint density at radius 1 is 1.08 bits per heavy atom. The van der Waals surface area contributed by atoms with E-state index in [1.165, 1.54) is 0 Å². The van der Waals surface area contributed by atoms with Gasteiger partial charge in [0.2, 0.25) is 0 Å². The summed E-state index contributed by atoms with van der Waals surface area (Å²) in [5.74, 6) is 0.755. The molecule has 0 aromatic heterocycles. The molecule has 0 amide bonds. The Morgan fingerprint density at radius 3 is 2.71 bits per heavy atom. The van der Waals surface area contributed by atoms with Gasteiger partial charge in [-0.3, -0.25) is 4.79 Å². The summed E-state index contributed by atoms with van der Waals surface area (Å²) in [6.07, 6.45) is 5.86. The first-order valence-electron chi connectivity index (χ1n) is 8.46. The second-order valence-corrected chi connectivity index (χ2v) is 6.87. The van der Waals surface area contributed by atoms with Crippen molar-refractivity contribution in [2.24, 2.45) is 11.3 Å². The number of esters is 1. The van der Waals surface area contributed by atoms with Gasteiger partial charge >= 0.3 is 5.97 Å². The lowest BCUT2D eigenvalue weighted by molar-refractivity contribution is -0.206. The molecule has 2 aliphatic carbocycles.